The highest BCUT2D eigenvalue weighted by atomic mass is 19.1. The fraction of sp³-hybridized carbons (Fsp3) is 0.364. The van der Waals surface area contributed by atoms with Crippen molar-refractivity contribution < 1.29 is 14.0 Å². The summed E-state index contributed by atoms with van der Waals surface area (Å²) in [7, 11) is 0. The van der Waals surface area contributed by atoms with Gasteiger partial charge < -0.3 is 11.1 Å². The Morgan fingerprint density at radius 2 is 2.28 bits per heavy atom. The topological polar surface area (TPSA) is 97.1 Å². The van der Waals surface area contributed by atoms with Crippen molar-refractivity contribution in [1.82, 2.24) is 10.3 Å². The molecule has 6 nitrogen and oxygen atoms in total. The van der Waals surface area contributed by atoms with Crippen LogP contribution in [0.25, 0.3) is 0 Å². The van der Waals surface area contributed by atoms with Gasteiger partial charge in [0, 0.05) is 24.7 Å². The second-order valence-corrected chi connectivity index (χ2v) is 4.01. The van der Waals surface area contributed by atoms with E-state index in [1.165, 1.54) is 12.4 Å². The van der Waals surface area contributed by atoms with Crippen molar-refractivity contribution in [2.45, 2.75) is 25.4 Å². The SMILES string of the molecule is NCc1cncc(NC2CCC(=O)NC2=O)c1F. The predicted molar refractivity (Wildman–Crippen MR) is 61.9 cm³/mol. The number of amides is 2. The molecule has 0 aliphatic carbocycles. The van der Waals surface area contributed by atoms with Gasteiger partial charge in [0.05, 0.1) is 11.9 Å². The largest absolute Gasteiger partial charge is 0.370 e. The highest BCUT2D eigenvalue weighted by Crippen LogP contribution is 2.19. The van der Waals surface area contributed by atoms with Gasteiger partial charge in [0.1, 0.15) is 6.04 Å². The molecule has 0 bridgehead atoms. The van der Waals surface area contributed by atoms with E-state index in [1.807, 2.05) is 0 Å². The third-order valence-electron chi connectivity index (χ3n) is 2.74. The van der Waals surface area contributed by atoms with E-state index in [4.69, 9.17) is 5.73 Å². The number of hydrogen-bond acceptors (Lipinski definition) is 5. The van der Waals surface area contributed by atoms with Crippen molar-refractivity contribution in [2.24, 2.45) is 5.73 Å². The Balaban J connectivity index is 2.14. The number of imide groups is 1. The summed E-state index contributed by atoms with van der Waals surface area (Å²) < 4.78 is 13.9. The quantitative estimate of drug-likeness (QED) is 0.652. The first-order valence-electron chi connectivity index (χ1n) is 5.54. The molecular weight excluding hydrogens is 239 g/mol. The minimum absolute atomic E-state index is 0.0315. The summed E-state index contributed by atoms with van der Waals surface area (Å²) in [6.07, 6.45) is 3.19. The number of halogens is 1. The molecule has 1 aromatic rings. The third kappa shape index (κ3) is 2.45. The molecule has 96 valence electrons. The molecule has 0 spiro atoms. The molecule has 0 radical (unpaired) electrons. The van der Waals surface area contributed by atoms with E-state index in [-0.39, 0.29) is 30.1 Å². The summed E-state index contributed by atoms with van der Waals surface area (Å²) >= 11 is 0. The van der Waals surface area contributed by atoms with E-state index in [0.717, 1.165) is 0 Å². The minimum Gasteiger partial charge on any atom is -0.370 e. The zero-order chi connectivity index (χ0) is 13.1. The highest BCUT2D eigenvalue weighted by Gasteiger charge is 2.27. The Hall–Kier alpha value is -2.02. The van der Waals surface area contributed by atoms with Crippen molar-refractivity contribution in [1.29, 1.82) is 0 Å². The summed E-state index contributed by atoms with van der Waals surface area (Å²) in [5.74, 6) is -1.28. The van der Waals surface area contributed by atoms with Crippen molar-refractivity contribution in [2.75, 3.05) is 5.32 Å². The predicted octanol–water partition coefficient (Wildman–Crippen LogP) is -0.104. The fourth-order valence-electron chi connectivity index (χ4n) is 1.75. The highest BCUT2D eigenvalue weighted by molar-refractivity contribution is 6.01. The van der Waals surface area contributed by atoms with Gasteiger partial charge in [0.25, 0.3) is 0 Å². The Bertz CT molecular complexity index is 492. The van der Waals surface area contributed by atoms with Crippen LogP contribution in [0.15, 0.2) is 12.4 Å². The lowest BCUT2D eigenvalue weighted by Crippen LogP contribution is -2.47. The third-order valence-corrected chi connectivity index (χ3v) is 2.74. The molecule has 2 heterocycles. The molecule has 1 aliphatic heterocycles. The first-order valence-corrected chi connectivity index (χ1v) is 5.54. The number of aromatic nitrogens is 1. The Labute approximate surface area is 103 Å². The number of nitrogens with zero attached hydrogens (tertiary/aromatic N) is 1. The van der Waals surface area contributed by atoms with Crippen LogP contribution in [-0.2, 0) is 16.1 Å². The van der Waals surface area contributed by atoms with Crippen molar-refractivity contribution in [3.63, 3.8) is 0 Å². The van der Waals surface area contributed by atoms with Crippen LogP contribution in [0.2, 0.25) is 0 Å². The van der Waals surface area contributed by atoms with Crippen molar-refractivity contribution in [3.8, 4) is 0 Å². The number of hydrogen-bond donors (Lipinski definition) is 3. The van der Waals surface area contributed by atoms with Crippen LogP contribution >= 0.6 is 0 Å². The number of anilines is 1. The number of rotatable bonds is 3. The monoisotopic (exact) mass is 252 g/mol. The molecule has 1 fully saturated rings. The van der Waals surface area contributed by atoms with Gasteiger partial charge in [-0.05, 0) is 6.42 Å². The normalized spacial score (nSPS) is 19.6. The maximum atomic E-state index is 13.9. The van der Waals surface area contributed by atoms with Gasteiger partial charge in [-0.2, -0.15) is 0 Å². The van der Waals surface area contributed by atoms with Gasteiger partial charge in [-0.3, -0.25) is 19.9 Å². The summed E-state index contributed by atoms with van der Waals surface area (Å²) in [4.78, 5) is 26.3. The van der Waals surface area contributed by atoms with Crippen molar-refractivity contribution in [3.05, 3.63) is 23.8 Å². The number of nitrogens with one attached hydrogen (secondary N) is 2. The lowest BCUT2D eigenvalue weighted by atomic mass is 10.1. The number of pyridine rings is 1. The molecule has 1 aromatic heterocycles. The first kappa shape index (κ1) is 12.4. The van der Waals surface area contributed by atoms with Crippen LogP contribution in [-0.4, -0.2) is 22.8 Å². The van der Waals surface area contributed by atoms with Crippen LogP contribution in [0.5, 0.6) is 0 Å². The Morgan fingerprint density at radius 3 is 2.94 bits per heavy atom. The molecule has 18 heavy (non-hydrogen) atoms. The lowest BCUT2D eigenvalue weighted by molar-refractivity contribution is -0.133. The molecule has 2 amide bonds. The summed E-state index contributed by atoms with van der Waals surface area (Å²) in [6.45, 7) is 0.0315. The molecule has 1 unspecified atom stereocenters. The van der Waals surface area contributed by atoms with Gasteiger partial charge in [0.15, 0.2) is 5.82 Å². The second-order valence-electron chi connectivity index (χ2n) is 4.01. The van der Waals surface area contributed by atoms with Crippen molar-refractivity contribution >= 4 is 17.5 Å². The standard InChI is InChI=1S/C11H13FN4O2/c12-10-6(3-13)4-14-5-8(10)15-7-1-2-9(17)16-11(7)18/h4-5,7,15H,1-3,13H2,(H,16,17,18). The average molecular weight is 252 g/mol. The number of carbonyl (C=O) groups excluding carboxylic acids is 2. The summed E-state index contributed by atoms with van der Waals surface area (Å²) in [6, 6.07) is -0.632. The molecule has 7 heteroatoms. The van der Waals surface area contributed by atoms with Gasteiger partial charge in [-0.15, -0.1) is 0 Å². The molecule has 0 aromatic carbocycles. The minimum atomic E-state index is -0.632. The van der Waals surface area contributed by atoms with Crippen LogP contribution in [0.4, 0.5) is 10.1 Å². The van der Waals surface area contributed by atoms with E-state index in [9.17, 15) is 14.0 Å². The van der Waals surface area contributed by atoms with E-state index in [0.29, 0.717) is 6.42 Å². The summed E-state index contributed by atoms with van der Waals surface area (Å²) in [5.41, 5.74) is 5.76. The molecule has 1 aliphatic rings. The Morgan fingerprint density at radius 1 is 1.50 bits per heavy atom. The molecule has 2 rings (SSSR count). The van der Waals surface area contributed by atoms with Gasteiger partial charge in [0.2, 0.25) is 11.8 Å². The van der Waals surface area contributed by atoms with E-state index in [2.05, 4.69) is 15.6 Å². The molecule has 0 saturated carbocycles. The fourth-order valence-corrected chi connectivity index (χ4v) is 1.75. The van der Waals surface area contributed by atoms with Gasteiger partial charge in [-0.1, -0.05) is 0 Å². The Kier molecular flexibility index (Phi) is 3.52. The van der Waals surface area contributed by atoms with Gasteiger partial charge >= 0.3 is 0 Å². The smallest absolute Gasteiger partial charge is 0.249 e. The van der Waals surface area contributed by atoms with E-state index < -0.39 is 17.8 Å². The first-order chi connectivity index (χ1) is 8.61. The second kappa shape index (κ2) is 5.09. The lowest BCUT2D eigenvalue weighted by Gasteiger charge is -2.23. The zero-order valence-corrected chi connectivity index (χ0v) is 9.57. The van der Waals surface area contributed by atoms with Crippen LogP contribution in [0, 0.1) is 5.82 Å². The average Bonchev–Trinajstić information content (AvgIpc) is 2.35. The molecule has 4 N–H and O–H groups in total. The van der Waals surface area contributed by atoms with Crippen LogP contribution in [0.3, 0.4) is 0 Å². The number of carbonyl (C=O) groups is 2. The molecule has 1 atom stereocenters. The van der Waals surface area contributed by atoms with E-state index >= 15 is 0 Å². The number of nitrogens with two attached hydrogens (primary N) is 1. The summed E-state index contributed by atoms with van der Waals surface area (Å²) in [5, 5.41) is 4.93. The maximum Gasteiger partial charge on any atom is 0.249 e. The number of piperidine rings is 1. The zero-order valence-electron chi connectivity index (χ0n) is 9.57. The molecule has 1 saturated heterocycles. The maximum absolute atomic E-state index is 13.9. The van der Waals surface area contributed by atoms with Crippen LogP contribution in [0.1, 0.15) is 18.4 Å². The van der Waals surface area contributed by atoms with Crippen LogP contribution < -0.4 is 16.4 Å². The van der Waals surface area contributed by atoms with Gasteiger partial charge in [-0.25, -0.2) is 4.39 Å². The molecular formula is C11H13FN4O2. The van der Waals surface area contributed by atoms with E-state index in [1.54, 1.807) is 0 Å².